The number of aryl methyl sites for hydroxylation is 2. The molecule has 2 N–H and O–H groups in total. The highest BCUT2D eigenvalue weighted by Gasteiger charge is 2.43. The van der Waals surface area contributed by atoms with Crippen LogP contribution in [0.5, 0.6) is 0 Å². The number of ether oxygens (including phenoxy) is 1. The molecule has 10 heteroatoms. The van der Waals surface area contributed by atoms with Gasteiger partial charge < -0.3 is 14.2 Å². The van der Waals surface area contributed by atoms with E-state index >= 15 is 0 Å². The molecule has 0 radical (unpaired) electrons. The van der Waals surface area contributed by atoms with Crippen LogP contribution in [0.1, 0.15) is 30.9 Å². The molecule has 2 aromatic carbocycles. The Morgan fingerprint density at radius 3 is 2.55 bits per heavy atom. The molecule has 206 valence electrons. The number of rotatable bonds is 12. The number of hydroxylamine groups is 1. The summed E-state index contributed by atoms with van der Waals surface area (Å²) in [7, 11) is -0.0457. The normalized spacial score (nSPS) is 13.6. The standard InChI is InChI=1S/C28H37N3O6S/c1-20-17-21(19-30(3)13-6-16-37-4)7-9-24(20)22-8-10-25-23(18-22)11-14-31(26(25)32)15-12-28(2,27(33)29-34)38(5,35)36/h7-11,14,17-18,34H,6,12-13,15-16,19H2,1-5H3,(H,29,33)/t28-/m1/s1. The van der Waals surface area contributed by atoms with E-state index in [1.807, 2.05) is 18.2 Å². The van der Waals surface area contributed by atoms with Crippen molar-refractivity contribution in [2.75, 3.05) is 33.6 Å². The van der Waals surface area contributed by atoms with Gasteiger partial charge in [0.15, 0.2) is 14.6 Å². The summed E-state index contributed by atoms with van der Waals surface area (Å²) in [6.07, 6.45) is 3.35. The van der Waals surface area contributed by atoms with Gasteiger partial charge in [0.2, 0.25) is 0 Å². The number of hydrogen-bond donors (Lipinski definition) is 2. The molecular formula is C28H37N3O6S. The van der Waals surface area contributed by atoms with Crippen LogP contribution in [-0.4, -0.2) is 67.3 Å². The molecular weight excluding hydrogens is 506 g/mol. The lowest BCUT2D eigenvalue weighted by Crippen LogP contribution is -2.49. The molecule has 0 fully saturated rings. The molecule has 0 saturated heterocycles. The molecule has 1 atom stereocenters. The number of pyridine rings is 1. The van der Waals surface area contributed by atoms with E-state index < -0.39 is 20.5 Å². The lowest BCUT2D eigenvalue weighted by molar-refractivity contribution is -0.131. The summed E-state index contributed by atoms with van der Waals surface area (Å²) in [5, 5.41) is 10.3. The minimum absolute atomic E-state index is 0.00595. The van der Waals surface area contributed by atoms with Crippen molar-refractivity contribution in [3.63, 3.8) is 0 Å². The second-order valence-corrected chi connectivity index (χ2v) is 12.5. The Labute approximate surface area is 223 Å². The molecule has 0 spiro atoms. The number of methoxy groups -OCH3 is 1. The number of carbonyl (C=O) groups is 1. The van der Waals surface area contributed by atoms with E-state index in [0.717, 1.165) is 54.4 Å². The van der Waals surface area contributed by atoms with Gasteiger partial charge in [0, 0.05) is 51.2 Å². The summed E-state index contributed by atoms with van der Waals surface area (Å²) >= 11 is 0. The molecule has 3 aromatic rings. The molecule has 3 rings (SSSR count). The number of sulfone groups is 1. The van der Waals surface area contributed by atoms with Gasteiger partial charge in [-0.1, -0.05) is 24.3 Å². The van der Waals surface area contributed by atoms with Crippen LogP contribution >= 0.6 is 0 Å². The lowest BCUT2D eigenvalue weighted by atomic mass is 9.96. The molecule has 1 amide bonds. The van der Waals surface area contributed by atoms with Crippen molar-refractivity contribution >= 4 is 26.5 Å². The number of amides is 1. The van der Waals surface area contributed by atoms with Crippen LogP contribution in [0.3, 0.4) is 0 Å². The number of hydrogen-bond acceptors (Lipinski definition) is 7. The van der Waals surface area contributed by atoms with E-state index in [2.05, 4.69) is 37.1 Å². The van der Waals surface area contributed by atoms with Gasteiger partial charge in [-0.25, -0.2) is 13.9 Å². The fourth-order valence-electron chi connectivity index (χ4n) is 4.57. The molecule has 0 bridgehead atoms. The zero-order chi connectivity index (χ0) is 28.1. The van der Waals surface area contributed by atoms with Crippen molar-refractivity contribution in [3.8, 4) is 11.1 Å². The molecule has 0 aliphatic rings. The molecule has 0 unspecified atom stereocenters. The third kappa shape index (κ3) is 6.50. The van der Waals surface area contributed by atoms with E-state index in [4.69, 9.17) is 9.94 Å². The van der Waals surface area contributed by atoms with Crippen LogP contribution in [0.15, 0.2) is 53.5 Å². The van der Waals surface area contributed by atoms with Gasteiger partial charge in [-0.3, -0.25) is 14.8 Å². The van der Waals surface area contributed by atoms with Crippen LogP contribution in [0.25, 0.3) is 21.9 Å². The van der Waals surface area contributed by atoms with Crippen LogP contribution in [-0.2, 0) is 32.5 Å². The SMILES string of the molecule is COCCCN(C)Cc1ccc(-c2ccc3c(=O)n(CC[C@](C)(C(=O)NO)S(C)(=O)=O)ccc3c2)c(C)c1. The zero-order valence-corrected chi connectivity index (χ0v) is 23.5. The Hall–Kier alpha value is -3.05. The van der Waals surface area contributed by atoms with E-state index in [1.54, 1.807) is 19.4 Å². The number of nitrogens with one attached hydrogen (secondary N) is 1. The molecule has 38 heavy (non-hydrogen) atoms. The first-order chi connectivity index (χ1) is 17.9. The maximum absolute atomic E-state index is 13.1. The predicted molar refractivity (Wildman–Crippen MR) is 149 cm³/mol. The monoisotopic (exact) mass is 543 g/mol. The van der Waals surface area contributed by atoms with Crippen molar-refractivity contribution in [2.45, 2.75) is 44.5 Å². The Bertz CT molecular complexity index is 1470. The topological polar surface area (TPSA) is 118 Å². The summed E-state index contributed by atoms with van der Waals surface area (Å²) in [6, 6.07) is 13.9. The first kappa shape index (κ1) is 29.5. The third-order valence-corrected chi connectivity index (χ3v) is 9.18. The molecule has 1 aromatic heterocycles. The van der Waals surface area contributed by atoms with Crippen LogP contribution in [0, 0.1) is 6.92 Å². The summed E-state index contributed by atoms with van der Waals surface area (Å²) in [4.78, 5) is 27.5. The van der Waals surface area contributed by atoms with Crippen molar-refractivity contribution < 1.29 is 23.2 Å². The second-order valence-electron chi connectivity index (χ2n) is 10.0. The van der Waals surface area contributed by atoms with Gasteiger partial charge in [-0.15, -0.1) is 0 Å². The van der Waals surface area contributed by atoms with E-state index in [-0.39, 0.29) is 18.5 Å². The number of carbonyl (C=O) groups excluding carboxylic acids is 1. The largest absolute Gasteiger partial charge is 0.385 e. The number of benzene rings is 2. The van der Waals surface area contributed by atoms with Gasteiger partial charge in [0.05, 0.1) is 0 Å². The van der Waals surface area contributed by atoms with Crippen LogP contribution < -0.4 is 11.0 Å². The summed E-state index contributed by atoms with van der Waals surface area (Å²) in [6.45, 7) is 5.86. The van der Waals surface area contributed by atoms with Crippen molar-refractivity contribution in [2.24, 2.45) is 0 Å². The highest BCUT2D eigenvalue weighted by atomic mass is 32.2. The maximum Gasteiger partial charge on any atom is 0.264 e. The highest BCUT2D eigenvalue weighted by molar-refractivity contribution is 7.92. The van der Waals surface area contributed by atoms with E-state index in [0.29, 0.717) is 5.39 Å². The zero-order valence-electron chi connectivity index (χ0n) is 22.7. The smallest absolute Gasteiger partial charge is 0.264 e. The van der Waals surface area contributed by atoms with Gasteiger partial charge in [-0.05, 0) is 79.6 Å². The quantitative estimate of drug-likeness (QED) is 0.205. The first-order valence-electron chi connectivity index (χ1n) is 12.5. The minimum Gasteiger partial charge on any atom is -0.385 e. The Balaban J connectivity index is 1.82. The van der Waals surface area contributed by atoms with Crippen molar-refractivity contribution in [3.05, 3.63) is 70.1 Å². The molecule has 0 saturated carbocycles. The van der Waals surface area contributed by atoms with Crippen LogP contribution in [0.2, 0.25) is 0 Å². The first-order valence-corrected chi connectivity index (χ1v) is 14.3. The van der Waals surface area contributed by atoms with Gasteiger partial charge in [0.25, 0.3) is 11.5 Å². The Kier molecular flexibility index (Phi) is 9.48. The average Bonchev–Trinajstić information content (AvgIpc) is 2.87. The van der Waals surface area contributed by atoms with Crippen molar-refractivity contribution in [1.82, 2.24) is 14.9 Å². The molecule has 1 heterocycles. The number of nitrogens with zero attached hydrogens (tertiary/aromatic N) is 2. The molecule has 9 nitrogen and oxygen atoms in total. The van der Waals surface area contributed by atoms with Gasteiger partial charge in [-0.2, -0.15) is 0 Å². The maximum atomic E-state index is 13.1. The van der Waals surface area contributed by atoms with Crippen LogP contribution in [0.4, 0.5) is 0 Å². The average molecular weight is 544 g/mol. The van der Waals surface area contributed by atoms with Gasteiger partial charge >= 0.3 is 0 Å². The molecule has 0 aliphatic heterocycles. The molecule has 0 aliphatic carbocycles. The summed E-state index contributed by atoms with van der Waals surface area (Å²) in [5.41, 5.74) is 5.60. The fourth-order valence-corrected chi connectivity index (χ4v) is 5.41. The summed E-state index contributed by atoms with van der Waals surface area (Å²) in [5.74, 6) is -1.03. The lowest BCUT2D eigenvalue weighted by Gasteiger charge is -2.25. The Morgan fingerprint density at radius 2 is 1.92 bits per heavy atom. The minimum atomic E-state index is -3.85. The van der Waals surface area contributed by atoms with E-state index in [9.17, 15) is 18.0 Å². The number of aromatic nitrogens is 1. The highest BCUT2D eigenvalue weighted by Crippen LogP contribution is 2.28. The Morgan fingerprint density at radius 1 is 1.18 bits per heavy atom. The predicted octanol–water partition coefficient (Wildman–Crippen LogP) is 3.14. The van der Waals surface area contributed by atoms with E-state index in [1.165, 1.54) is 22.5 Å². The van der Waals surface area contributed by atoms with Crippen molar-refractivity contribution in [1.29, 1.82) is 0 Å². The van der Waals surface area contributed by atoms with Gasteiger partial charge in [0.1, 0.15) is 0 Å². The summed E-state index contributed by atoms with van der Waals surface area (Å²) < 4.78 is 29.1. The fraction of sp³-hybridized carbons (Fsp3) is 0.429. The third-order valence-electron chi connectivity index (χ3n) is 7.15. The second kappa shape index (κ2) is 12.2. The number of fused-ring (bicyclic) bond motifs is 1.